The first-order valence-electron chi connectivity index (χ1n) is 11.8. The van der Waals surface area contributed by atoms with Crippen molar-refractivity contribution < 1.29 is 4.79 Å². The molecule has 0 unspecified atom stereocenters. The van der Waals surface area contributed by atoms with Gasteiger partial charge in [-0.05, 0) is 42.9 Å². The number of rotatable bonds is 15. The van der Waals surface area contributed by atoms with E-state index in [4.69, 9.17) is 0 Å². The Bertz CT molecular complexity index is 384. The summed E-state index contributed by atoms with van der Waals surface area (Å²) >= 11 is 0. The lowest BCUT2D eigenvalue weighted by Crippen LogP contribution is -2.32. The molecule has 0 spiro atoms. The lowest BCUT2D eigenvalue weighted by atomic mass is 9.64. The first-order chi connectivity index (χ1) is 12.3. The zero-order valence-corrected chi connectivity index (χ0v) is 18.8. The van der Waals surface area contributed by atoms with Gasteiger partial charge in [-0.2, -0.15) is 0 Å². The summed E-state index contributed by atoms with van der Waals surface area (Å²) in [5.74, 6) is 1.01. The zero-order chi connectivity index (χ0) is 19.5. The van der Waals surface area contributed by atoms with Crippen LogP contribution in [0.4, 0.5) is 0 Å². The molecule has 0 amide bonds. The van der Waals surface area contributed by atoms with Gasteiger partial charge in [0.2, 0.25) is 0 Å². The summed E-state index contributed by atoms with van der Waals surface area (Å²) in [7, 11) is 0. The molecule has 1 saturated carbocycles. The molecule has 0 aromatic heterocycles. The normalized spacial score (nSPS) is 23.3. The molecule has 0 aliphatic heterocycles. The molecule has 0 aromatic carbocycles. The Hall–Kier alpha value is -0.330. The molecule has 0 aromatic rings. The second kappa shape index (κ2) is 12.2. The summed E-state index contributed by atoms with van der Waals surface area (Å²) in [6.07, 6.45) is 21.4. The van der Waals surface area contributed by atoms with E-state index < -0.39 is 0 Å². The van der Waals surface area contributed by atoms with E-state index in [1.165, 1.54) is 96.3 Å². The van der Waals surface area contributed by atoms with Gasteiger partial charge in [-0.15, -0.1) is 0 Å². The Morgan fingerprint density at radius 2 is 1.38 bits per heavy atom. The van der Waals surface area contributed by atoms with Crippen LogP contribution in [0.2, 0.25) is 0 Å². The molecule has 1 aliphatic carbocycles. The largest absolute Gasteiger partial charge is 0.300 e. The molecule has 0 N–H and O–H groups in total. The van der Waals surface area contributed by atoms with Crippen LogP contribution in [0, 0.1) is 16.7 Å². The van der Waals surface area contributed by atoms with Gasteiger partial charge < -0.3 is 4.79 Å². The molecule has 26 heavy (non-hydrogen) atoms. The molecule has 1 heteroatoms. The van der Waals surface area contributed by atoms with Crippen LogP contribution in [-0.2, 0) is 4.79 Å². The average Bonchev–Trinajstić information content (AvgIpc) is 2.81. The first kappa shape index (κ1) is 23.7. The molecule has 1 nitrogen and oxygen atoms in total. The lowest BCUT2D eigenvalue weighted by Gasteiger charge is -2.41. The van der Waals surface area contributed by atoms with Crippen molar-refractivity contribution in [2.45, 2.75) is 137 Å². The zero-order valence-electron chi connectivity index (χ0n) is 18.8. The third-order valence-corrected chi connectivity index (χ3v) is 7.45. The maximum absolute atomic E-state index is 11.8. The van der Waals surface area contributed by atoms with E-state index in [1.807, 2.05) is 0 Å². The van der Waals surface area contributed by atoms with E-state index >= 15 is 0 Å². The number of carbonyl (C=O) groups excluding carboxylic acids is 1. The molecule has 1 aliphatic rings. The second-order valence-corrected chi connectivity index (χ2v) is 10.2. The highest BCUT2D eigenvalue weighted by Crippen LogP contribution is 2.56. The van der Waals surface area contributed by atoms with E-state index in [0.717, 1.165) is 6.42 Å². The molecule has 1 fully saturated rings. The molecular formula is C25H48O. The molecule has 154 valence electrons. The van der Waals surface area contributed by atoms with Gasteiger partial charge in [-0.1, -0.05) is 105 Å². The Balaban J connectivity index is 2.23. The van der Waals surface area contributed by atoms with Crippen molar-refractivity contribution in [3.63, 3.8) is 0 Å². The summed E-state index contributed by atoms with van der Waals surface area (Å²) < 4.78 is 0. The van der Waals surface area contributed by atoms with Gasteiger partial charge in [0, 0.05) is 6.42 Å². The van der Waals surface area contributed by atoms with Gasteiger partial charge in [-0.25, -0.2) is 0 Å². The highest BCUT2D eigenvalue weighted by atomic mass is 16.1. The number of ketones is 1. The Kier molecular flexibility index (Phi) is 11.1. The van der Waals surface area contributed by atoms with Gasteiger partial charge in [0.15, 0.2) is 0 Å². The van der Waals surface area contributed by atoms with Gasteiger partial charge in [0.1, 0.15) is 5.78 Å². The smallest absolute Gasteiger partial charge is 0.130 e. The third kappa shape index (κ3) is 8.57. The number of hydrogen-bond acceptors (Lipinski definition) is 1. The fourth-order valence-electron chi connectivity index (χ4n) is 5.18. The van der Waals surface area contributed by atoms with Crippen LogP contribution in [0.15, 0.2) is 0 Å². The fraction of sp³-hybridized carbons (Fsp3) is 0.960. The van der Waals surface area contributed by atoms with E-state index in [0.29, 0.717) is 22.5 Å². The van der Waals surface area contributed by atoms with E-state index in [1.54, 1.807) is 6.92 Å². The Morgan fingerprint density at radius 3 is 1.85 bits per heavy atom. The quantitative estimate of drug-likeness (QED) is 0.266. The predicted molar refractivity (Wildman–Crippen MR) is 116 cm³/mol. The van der Waals surface area contributed by atoms with Crippen LogP contribution in [0.1, 0.15) is 137 Å². The minimum atomic E-state index is 0.390. The highest BCUT2D eigenvalue weighted by molar-refractivity contribution is 5.75. The van der Waals surface area contributed by atoms with E-state index in [-0.39, 0.29) is 0 Å². The van der Waals surface area contributed by atoms with Crippen molar-refractivity contribution >= 4 is 5.78 Å². The number of carbonyl (C=O) groups is 1. The van der Waals surface area contributed by atoms with Crippen LogP contribution in [-0.4, -0.2) is 5.78 Å². The van der Waals surface area contributed by atoms with Crippen molar-refractivity contribution in [1.82, 2.24) is 0 Å². The second-order valence-electron chi connectivity index (χ2n) is 10.2. The number of Topliss-reactive ketones (excluding diaryl/α,β-unsaturated/α-hetero) is 1. The first-order valence-corrected chi connectivity index (χ1v) is 11.8. The van der Waals surface area contributed by atoms with Crippen LogP contribution in [0.3, 0.4) is 0 Å². The third-order valence-electron chi connectivity index (χ3n) is 7.45. The number of hydrogen-bond donors (Lipinski definition) is 0. The van der Waals surface area contributed by atoms with Crippen LogP contribution < -0.4 is 0 Å². The molecule has 0 heterocycles. The summed E-state index contributed by atoms with van der Waals surface area (Å²) in [4.78, 5) is 11.8. The lowest BCUT2D eigenvalue weighted by molar-refractivity contribution is -0.118. The monoisotopic (exact) mass is 364 g/mol. The summed E-state index contributed by atoms with van der Waals surface area (Å²) in [5, 5.41) is 0. The SMILES string of the molecule is CCCCCCCCCCCC[C@H](CC(C)=O)C[C@@]1(C)CCCC1(C)C. The van der Waals surface area contributed by atoms with E-state index in [9.17, 15) is 4.79 Å². The van der Waals surface area contributed by atoms with Crippen molar-refractivity contribution in [2.24, 2.45) is 16.7 Å². The van der Waals surface area contributed by atoms with Crippen LogP contribution in [0.25, 0.3) is 0 Å². The van der Waals surface area contributed by atoms with E-state index in [2.05, 4.69) is 27.7 Å². The number of unbranched alkanes of at least 4 members (excludes halogenated alkanes) is 9. The van der Waals surface area contributed by atoms with Crippen LogP contribution >= 0.6 is 0 Å². The van der Waals surface area contributed by atoms with Gasteiger partial charge >= 0.3 is 0 Å². The Morgan fingerprint density at radius 1 is 0.846 bits per heavy atom. The molecular weight excluding hydrogens is 316 g/mol. The van der Waals surface area contributed by atoms with Gasteiger partial charge in [-0.3, -0.25) is 0 Å². The van der Waals surface area contributed by atoms with Crippen molar-refractivity contribution in [3.8, 4) is 0 Å². The predicted octanol–water partition coefficient (Wildman–Crippen LogP) is 8.50. The summed E-state index contributed by atoms with van der Waals surface area (Å²) in [6, 6.07) is 0. The maximum atomic E-state index is 11.8. The van der Waals surface area contributed by atoms with Gasteiger partial charge in [0.25, 0.3) is 0 Å². The summed E-state index contributed by atoms with van der Waals surface area (Å²) in [6.45, 7) is 11.5. The minimum Gasteiger partial charge on any atom is -0.300 e. The molecule has 0 radical (unpaired) electrons. The molecule has 0 saturated heterocycles. The molecule has 2 atom stereocenters. The molecule has 1 rings (SSSR count). The summed E-state index contributed by atoms with van der Waals surface area (Å²) in [5.41, 5.74) is 0.880. The van der Waals surface area contributed by atoms with Crippen molar-refractivity contribution in [2.75, 3.05) is 0 Å². The fourth-order valence-corrected chi connectivity index (χ4v) is 5.18. The highest BCUT2D eigenvalue weighted by Gasteiger charge is 2.45. The standard InChI is InChI=1S/C25H48O/c1-6-7-8-9-10-11-12-13-14-15-17-23(20-22(2)26)21-25(5)19-16-18-24(25,3)4/h23H,6-21H2,1-5H3/t23-,25-/m1/s1. The Labute approximate surface area is 165 Å². The topological polar surface area (TPSA) is 17.1 Å². The van der Waals surface area contributed by atoms with Crippen molar-refractivity contribution in [1.29, 1.82) is 0 Å². The average molecular weight is 365 g/mol. The van der Waals surface area contributed by atoms with Gasteiger partial charge in [0.05, 0.1) is 0 Å². The molecule has 0 bridgehead atoms. The van der Waals surface area contributed by atoms with Crippen molar-refractivity contribution in [3.05, 3.63) is 0 Å². The minimum absolute atomic E-state index is 0.390. The maximum Gasteiger partial charge on any atom is 0.130 e. The van der Waals surface area contributed by atoms with Crippen LogP contribution in [0.5, 0.6) is 0 Å².